The lowest BCUT2D eigenvalue weighted by molar-refractivity contribution is 0.0302. The van der Waals surface area contributed by atoms with Gasteiger partial charge in [-0.3, -0.25) is 4.90 Å². The van der Waals surface area contributed by atoms with Crippen LogP contribution in [0.4, 0.5) is 0 Å². The molecule has 2 saturated heterocycles. The first-order chi connectivity index (χ1) is 12.8. The zero-order valence-electron chi connectivity index (χ0n) is 15.5. The van der Waals surface area contributed by atoms with Gasteiger partial charge < -0.3 is 10.0 Å². The summed E-state index contributed by atoms with van der Waals surface area (Å²) < 4.78 is 0. The number of hydrogen-bond acceptors (Lipinski definition) is 4. The summed E-state index contributed by atoms with van der Waals surface area (Å²) >= 11 is 1.69. The van der Waals surface area contributed by atoms with Crippen molar-refractivity contribution in [3.63, 3.8) is 0 Å². The summed E-state index contributed by atoms with van der Waals surface area (Å²) in [6, 6.07) is 15.7. The van der Waals surface area contributed by atoms with E-state index in [-0.39, 0.29) is 6.10 Å². The Morgan fingerprint density at radius 1 is 0.923 bits per heavy atom. The van der Waals surface area contributed by atoms with E-state index in [1.54, 1.807) is 11.3 Å². The monoisotopic (exact) mass is 370 g/mol. The Bertz CT molecular complexity index is 644. The van der Waals surface area contributed by atoms with E-state index in [0.717, 1.165) is 43.4 Å². The molecular formula is C22H30N2OS. The Labute approximate surface area is 161 Å². The van der Waals surface area contributed by atoms with Gasteiger partial charge in [0.05, 0.1) is 6.10 Å². The van der Waals surface area contributed by atoms with Gasteiger partial charge in [-0.15, -0.1) is 11.3 Å². The lowest BCUT2D eigenvalue weighted by Gasteiger charge is -2.42. The number of aliphatic hydroxyl groups excluding tert-OH is 1. The molecule has 3 heterocycles. The van der Waals surface area contributed by atoms with E-state index in [4.69, 9.17) is 0 Å². The molecule has 2 fully saturated rings. The van der Waals surface area contributed by atoms with Crippen LogP contribution in [0, 0.1) is 5.92 Å². The van der Waals surface area contributed by atoms with Gasteiger partial charge in [-0.2, -0.15) is 0 Å². The third-order valence-electron chi connectivity index (χ3n) is 6.18. The van der Waals surface area contributed by atoms with Gasteiger partial charge in [0, 0.05) is 17.5 Å². The third kappa shape index (κ3) is 4.37. The van der Waals surface area contributed by atoms with Crippen molar-refractivity contribution in [2.24, 2.45) is 5.92 Å². The van der Waals surface area contributed by atoms with Crippen LogP contribution < -0.4 is 0 Å². The zero-order chi connectivity index (χ0) is 17.8. The maximum Gasteiger partial charge on any atom is 0.0910 e. The zero-order valence-corrected chi connectivity index (χ0v) is 16.3. The van der Waals surface area contributed by atoms with Crippen molar-refractivity contribution in [3.8, 4) is 0 Å². The predicted molar refractivity (Wildman–Crippen MR) is 108 cm³/mol. The highest BCUT2D eigenvalue weighted by molar-refractivity contribution is 7.10. The molecular weight excluding hydrogens is 340 g/mol. The molecule has 26 heavy (non-hydrogen) atoms. The van der Waals surface area contributed by atoms with E-state index < -0.39 is 0 Å². The summed E-state index contributed by atoms with van der Waals surface area (Å²) in [7, 11) is 0. The van der Waals surface area contributed by atoms with E-state index in [9.17, 15) is 5.11 Å². The van der Waals surface area contributed by atoms with Crippen LogP contribution in [0.25, 0.3) is 0 Å². The second-order valence-corrected chi connectivity index (χ2v) is 8.81. The summed E-state index contributed by atoms with van der Waals surface area (Å²) in [4.78, 5) is 6.43. The summed E-state index contributed by atoms with van der Waals surface area (Å²) in [5, 5.41) is 12.7. The Hall–Kier alpha value is -1.20. The van der Waals surface area contributed by atoms with Crippen LogP contribution in [-0.4, -0.2) is 47.1 Å². The molecule has 1 aromatic heterocycles. The highest BCUT2D eigenvalue weighted by Crippen LogP contribution is 2.34. The van der Waals surface area contributed by atoms with Crippen molar-refractivity contribution in [1.82, 2.24) is 9.80 Å². The van der Waals surface area contributed by atoms with Crippen molar-refractivity contribution >= 4 is 11.3 Å². The predicted octanol–water partition coefficient (Wildman–Crippen LogP) is 4.16. The fraction of sp³-hybridized carbons (Fsp3) is 0.545. The molecule has 1 aromatic carbocycles. The van der Waals surface area contributed by atoms with Gasteiger partial charge in [-0.25, -0.2) is 0 Å². The van der Waals surface area contributed by atoms with Crippen LogP contribution in [0.5, 0.6) is 0 Å². The smallest absolute Gasteiger partial charge is 0.0910 e. The molecule has 3 nitrogen and oxygen atoms in total. The molecule has 4 rings (SSSR count). The first-order valence-electron chi connectivity index (χ1n) is 10.0. The first-order valence-corrected chi connectivity index (χ1v) is 10.9. The van der Waals surface area contributed by atoms with E-state index >= 15 is 0 Å². The van der Waals surface area contributed by atoms with Crippen LogP contribution in [-0.2, 0) is 6.54 Å². The van der Waals surface area contributed by atoms with Crippen molar-refractivity contribution in [2.45, 2.75) is 44.4 Å². The molecule has 1 N–H and O–H groups in total. The summed E-state index contributed by atoms with van der Waals surface area (Å²) in [5.41, 5.74) is 1.43. The molecule has 0 spiro atoms. The number of rotatable bonds is 5. The molecule has 1 unspecified atom stereocenters. The molecule has 0 bridgehead atoms. The highest BCUT2D eigenvalue weighted by Gasteiger charge is 2.31. The van der Waals surface area contributed by atoms with E-state index in [0.29, 0.717) is 5.92 Å². The Balaban J connectivity index is 1.22. The van der Waals surface area contributed by atoms with Gasteiger partial charge >= 0.3 is 0 Å². The minimum Gasteiger partial charge on any atom is -0.387 e. The SMILES string of the molecule is OC(c1cccs1)C1CCN(C2CCN(Cc3ccccc3)CC2)CC1. The van der Waals surface area contributed by atoms with Crippen LogP contribution in [0.15, 0.2) is 47.8 Å². The molecule has 4 heteroatoms. The summed E-state index contributed by atoms with van der Waals surface area (Å²) in [5.74, 6) is 0.433. The van der Waals surface area contributed by atoms with E-state index in [1.165, 1.54) is 31.5 Å². The average Bonchev–Trinajstić information content (AvgIpc) is 3.24. The second kappa shape index (κ2) is 8.66. The van der Waals surface area contributed by atoms with Crippen LogP contribution in [0.1, 0.15) is 42.2 Å². The molecule has 0 aliphatic carbocycles. The number of benzene rings is 1. The van der Waals surface area contributed by atoms with Crippen LogP contribution in [0.3, 0.4) is 0 Å². The topological polar surface area (TPSA) is 26.7 Å². The lowest BCUT2D eigenvalue weighted by Crippen LogP contribution is -2.48. The van der Waals surface area contributed by atoms with E-state index in [2.05, 4.69) is 51.6 Å². The van der Waals surface area contributed by atoms with Crippen LogP contribution >= 0.6 is 11.3 Å². The molecule has 0 radical (unpaired) electrons. The summed E-state index contributed by atoms with van der Waals surface area (Å²) in [6.07, 6.45) is 4.56. The average molecular weight is 371 g/mol. The largest absolute Gasteiger partial charge is 0.387 e. The number of likely N-dealkylation sites (tertiary alicyclic amines) is 2. The van der Waals surface area contributed by atoms with Crippen LogP contribution in [0.2, 0.25) is 0 Å². The van der Waals surface area contributed by atoms with Crippen molar-refractivity contribution in [2.75, 3.05) is 26.2 Å². The van der Waals surface area contributed by atoms with Gasteiger partial charge in [-0.05, 0) is 74.8 Å². The Kier molecular flexibility index (Phi) is 6.05. The Morgan fingerprint density at radius 3 is 2.31 bits per heavy atom. The molecule has 0 saturated carbocycles. The lowest BCUT2D eigenvalue weighted by atomic mass is 9.88. The number of nitrogens with zero attached hydrogens (tertiary/aromatic N) is 2. The fourth-order valence-corrected chi connectivity index (χ4v) is 5.38. The molecule has 1 atom stereocenters. The minimum atomic E-state index is -0.259. The maximum absolute atomic E-state index is 10.6. The van der Waals surface area contributed by atoms with Gasteiger partial charge in [0.1, 0.15) is 0 Å². The summed E-state index contributed by atoms with van der Waals surface area (Å²) in [6.45, 7) is 5.80. The van der Waals surface area contributed by atoms with Crippen molar-refractivity contribution < 1.29 is 5.11 Å². The molecule has 140 valence electrons. The highest BCUT2D eigenvalue weighted by atomic mass is 32.1. The molecule has 2 aliphatic rings. The van der Waals surface area contributed by atoms with Gasteiger partial charge in [-0.1, -0.05) is 36.4 Å². The van der Waals surface area contributed by atoms with Gasteiger partial charge in [0.2, 0.25) is 0 Å². The second-order valence-electron chi connectivity index (χ2n) is 7.83. The van der Waals surface area contributed by atoms with E-state index in [1.807, 2.05) is 6.07 Å². The van der Waals surface area contributed by atoms with Gasteiger partial charge in [0.15, 0.2) is 0 Å². The maximum atomic E-state index is 10.6. The normalized spacial score (nSPS) is 22.5. The minimum absolute atomic E-state index is 0.259. The standard InChI is InChI=1S/C22H30N2OS/c25-22(21-7-4-16-26-21)19-8-14-24(15-9-19)20-10-12-23(13-11-20)17-18-5-2-1-3-6-18/h1-7,16,19-20,22,25H,8-15,17H2. The van der Waals surface area contributed by atoms with Crippen molar-refractivity contribution in [1.29, 1.82) is 0 Å². The number of piperidine rings is 2. The number of hydrogen-bond donors (Lipinski definition) is 1. The molecule has 0 amide bonds. The molecule has 2 aliphatic heterocycles. The Morgan fingerprint density at radius 2 is 1.65 bits per heavy atom. The number of thiophene rings is 1. The number of aliphatic hydroxyl groups is 1. The fourth-order valence-electron chi connectivity index (χ4n) is 4.58. The quantitative estimate of drug-likeness (QED) is 0.856. The third-order valence-corrected chi connectivity index (χ3v) is 7.12. The van der Waals surface area contributed by atoms with Crippen molar-refractivity contribution in [3.05, 3.63) is 58.3 Å². The van der Waals surface area contributed by atoms with Gasteiger partial charge in [0.25, 0.3) is 0 Å². The first kappa shape index (κ1) is 18.2. The molecule has 2 aromatic rings.